The summed E-state index contributed by atoms with van der Waals surface area (Å²) in [4.78, 5) is 0. The lowest BCUT2D eigenvalue weighted by Crippen LogP contribution is -2.08. The molecule has 0 heteroatoms. The highest BCUT2D eigenvalue weighted by Crippen LogP contribution is 2.32. The topological polar surface area (TPSA) is 0 Å². The van der Waals surface area contributed by atoms with Crippen molar-refractivity contribution in [2.24, 2.45) is 5.92 Å². The van der Waals surface area contributed by atoms with Crippen LogP contribution in [-0.4, -0.2) is 0 Å². The number of hydrogen-bond donors (Lipinski definition) is 0. The summed E-state index contributed by atoms with van der Waals surface area (Å²) < 4.78 is 0. The summed E-state index contributed by atoms with van der Waals surface area (Å²) in [5.41, 5.74) is 3.09. The largest absolute Gasteiger partial charge is 0.0988 e. The molecule has 0 nitrogen and oxygen atoms in total. The van der Waals surface area contributed by atoms with Gasteiger partial charge in [0.1, 0.15) is 0 Å². The molecule has 1 aliphatic rings. The average Bonchev–Trinajstić information content (AvgIpc) is 2.04. The maximum atomic E-state index is 3.88. The van der Waals surface area contributed by atoms with Crippen LogP contribution in [0.3, 0.4) is 0 Å². The van der Waals surface area contributed by atoms with Crippen LogP contribution >= 0.6 is 0 Å². The minimum Gasteiger partial charge on any atom is -0.0988 e. The molecule has 0 aromatic carbocycles. The number of rotatable bonds is 2. The first kappa shape index (κ1) is 8.58. The van der Waals surface area contributed by atoms with Crippen LogP contribution in [0.2, 0.25) is 0 Å². The van der Waals surface area contributed by atoms with E-state index in [0.29, 0.717) is 0 Å². The van der Waals surface area contributed by atoms with Crippen molar-refractivity contribution in [2.75, 3.05) is 0 Å². The van der Waals surface area contributed by atoms with Crippen molar-refractivity contribution in [2.45, 2.75) is 39.5 Å². The Hall–Kier alpha value is -0.520. The van der Waals surface area contributed by atoms with Crippen LogP contribution in [0.5, 0.6) is 0 Å². The van der Waals surface area contributed by atoms with Gasteiger partial charge in [-0.1, -0.05) is 25.2 Å². The van der Waals surface area contributed by atoms with Crippen LogP contribution in [0.25, 0.3) is 0 Å². The lowest BCUT2D eigenvalue weighted by molar-refractivity contribution is 0.494. The van der Waals surface area contributed by atoms with Crippen molar-refractivity contribution in [3.63, 3.8) is 0 Å². The first-order chi connectivity index (χ1) is 5.29. The molecule has 62 valence electrons. The fraction of sp³-hybridized carbons (Fsp3) is 0.636. The van der Waals surface area contributed by atoms with E-state index in [2.05, 4.69) is 26.5 Å². The van der Waals surface area contributed by atoms with Crippen molar-refractivity contribution < 1.29 is 0 Å². The predicted octanol–water partition coefficient (Wildman–Crippen LogP) is 3.70. The van der Waals surface area contributed by atoms with Gasteiger partial charge < -0.3 is 0 Å². The summed E-state index contributed by atoms with van der Waals surface area (Å²) in [5.74, 6) is 0.807. The summed E-state index contributed by atoms with van der Waals surface area (Å²) in [7, 11) is 0. The summed E-state index contributed by atoms with van der Waals surface area (Å²) in [6.45, 7) is 8.39. The van der Waals surface area contributed by atoms with E-state index < -0.39 is 0 Å². The summed E-state index contributed by atoms with van der Waals surface area (Å²) in [6, 6.07) is 0. The Kier molecular flexibility index (Phi) is 2.92. The van der Waals surface area contributed by atoms with E-state index in [1.807, 2.05) is 0 Å². The standard InChI is InChI=1S/C11H18/c1-4-10-8-6-7-9(3)11(10)5-2/h5,10H,2,4,6-8H2,1,3H3. The zero-order valence-electron chi connectivity index (χ0n) is 7.69. The molecule has 0 spiro atoms. The van der Waals surface area contributed by atoms with Gasteiger partial charge in [0.2, 0.25) is 0 Å². The molecule has 0 fully saturated rings. The van der Waals surface area contributed by atoms with E-state index in [1.54, 1.807) is 5.57 Å². The zero-order chi connectivity index (χ0) is 8.27. The van der Waals surface area contributed by atoms with Crippen molar-refractivity contribution in [1.29, 1.82) is 0 Å². The molecule has 0 bridgehead atoms. The van der Waals surface area contributed by atoms with Crippen molar-refractivity contribution >= 4 is 0 Å². The van der Waals surface area contributed by atoms with Gasteiger partial charge >= 0.3 is 0 Å². The molecule has 0 amide bonds. The van der Waals surface area contributed by atoms with Crippen LogP contribution in [0, 0.1) is 5.92 Å². The van der Waals surface area contributed by atoms with Gasteiger partial charge in [0.15, 0.2) is 0 Å². The van der Waals surface area contributed by atoms with Crippen molar-refractivity contribution in [3.8, 4) is 0 Å². The van der Waals surface area contributed by atoms with E-state index in [0.717, 1.165) is 5.92 Å². The van der Waals surface area contributed by atoms with Crippen LogP contribution in [-0.2, 0) is 0 Å². The van der Waals surface area contributed by atoms with Crippen LogP contribution < -0.4 is 0 Å². The molecule has 1 unspecified atom stereocenters. The van der Waals surface area contributed by atoms with E-state index >= 15 is 0 Å². The third kappa shape index (κ3) is 1.74. The molecular formula is C11H18. The first-order valence-corrected chi connectivity index (χ1v) is 4.61. The Morgan fingerprint density at radius 1 is 1.64 bits per heavy atom. The Morgan fingerprint density at radius 3 is 2.82 bits per heavy atom. The highest BCUT2D eigenvalue weighted by Gasteiger charge is 2.16. The molecule has 0 heterocycles. The van der Waals surface area contributed by atoms with Gasteiger partial charge in [-0.05, 0) is 44.1 Å². The molecule has 1 atom stereocenters. The van der Waals surface area contributed by atoms with Crippen molar-refractivity contribution in [3.05, 3.63) is 23.8 Å². The molecule has 0 saturated heterocycles. The van der Waals surface area contributed by atoms with E-state index in [9.17, 15) is 0 Å². The molecule has 0 N–H and O–H groups in total. The summed E-state index contributed by atoms with van der Waals surface area (Å²) >= 11 is 0. The Balaban J connectivity index is 2.81. The lowest BCUT2D eigenvalue weighted by Gasteiger charge is -2.24. The molecular weight excluding hydrogens is 132 g/mol. The quantitative estimate of drug-likeness (QED) is 0.563. The number of hydrogen-bond acceptors (Lipinski definition) is 0. The summed E-state index contributed by atoms with van der Waals surface area (Å²) in [5, 5.41) is 0. The molecule has 0 aromatic rings. The second-order valence-corrected chi connectivity index (χ2v) is 3.44. The van der Waals surface area contributed by atoms with Gasteiger partial charge in [0.05, 0.1) is 0 Å². The second-order valence-electron chi connectivity index (χ2n) is 3.44. The zero-order valence-corrected chi connectivity index (χ0v) is 7.69. The van der Waals surface area contributed by atoms with E-state index in [1.165, 1.54) is 31.3 Å². The third-order valence-electron chi connectivity index (χ3n) is 2.75. The Labute approximate surface area is 70.0 Å². The highest BCUT2D eigenvalue weighted by atomic mass is 14.2. The minimum absolute atomic E-state index is 0.807. The molecule has 0 aromatic heterocycles. The Bertz CT molecular complexity index is 174. The average molecular weight is 150 g/mol. The monoisotopic (exact) mass is 150 g/mol. The summed E-state index contributed by atoms with van der Waals surface area (Å²) in [6.07, 6.45) is 7.37. The van der Waals surface area contributed by atoms with Gasteiger partial charge in [-0.2, -0.15) is 0 Å². The highest BCUT2D eigenvalue weighted by molar-refractivity contribution is 5.27. The Morgan fingerprint density at radius 2 is 2.36 bits per heavy atom. The fourth-order valence-corrected chi connectivity index (χ4v) is 2.03. The van der Waals surface area contributed by atoms with E-state index in [-0.39, 0.29) is 0 Å². The smallest absolute Gasteiger partial charge is 0.0165 e. The normalized spacial score (nSPS) is 25.5. The van der Waals surface area contributed by atoms with E-state index in [4.69, 9.17) is 0 Å². The molecule has 0 saturated carbocycles. The molecule has 1 aliphatic carbocycles. The van der Waals surface area contributed by atoms with Gasteiger partial charge in [-0.15, -0.1) is 0 Å². The van der Waals surface area contributed by atoms with Crippen LogP contribution in [0.4, 0.5) is 0 Å². The maximum Gasteiger partial charge on any atom is -0.0165 e. The molecule has 0 radical (unpaired) electrons. The van der Waals surface area contributed by atoms with Crippen LogP contribution in [0.15, 0.2) is 23.8 Å². The molecule has 11 heavy (non-hydrogen) atoms. The van der Waals surface area contributed by atoms with Gasteiger partial charge in [-0.3, -0.25) is 0 Å². The lowest BCUT2D eigenvalue weighted by atomic mass is 9.82. The third-order valence-corrected chi connectivity index (χ3v) is 2.75. The minimum atomic E-state index is 0.807. The van der Waals surface area contributed by atoms with Gasteiger partial charge in [-0.25, -0.2) is 0 Å². The van der Waals surface area contributed by atoms with Crippen molar-refractivity contribution in [1.82, 2.24) is 0 Å². The SMILES string of the molecule is C=CC1=C(C)CCCC1CC. The first-order valence-electron chi connectivity index (χ1n) is 4.61. The molecule has 1 rings (SSSR count). The second kappa shape index (κ2) is 3.75. The number of allylic oxidation sites excluding steroid dienone is 3. The van der Waals surface area contributed by atoms with Gasteiger partial charge in [0.25, 0.3) is 0 Å². The predicted molar refractivity (Wildman–Crippen MR) is 50.5 cm³/mol. The maximum absolute atomic E-state index is 3.88. The fourth-order valence-electron chi connectivity index (χ4n) is 2.03. The van der Waals surface area contributed by atoms with Crippen LogP contribution in [0.1, 0.15) is 39.5 Å². The molecule has 0 aliphatic heterocycles. The van der Waals surface area contributed by atoms with Gasteiger partial charge in [0, 0.05) is 0 Å².